The molecular weight excluding hydrogens is 224 g/mol. The third kappa shape index (κ3) is 3.05. The Kier molecular flexibility index (Phi) is 3.40. The van der Waals surface area contributed by atoms with Crippen molar-refractivity contribution in [3.8, 4) is 0 Å². The number of ether oxygens (including phenoxy) is 1. The van der Waals surface area contributed by atoms with Crippen LogP contribution in [0.25, 0.3) is 0 Å². The van der Waals surface area contributed by atoms with E-state index in [1.807, 2.05) is 5.01 Å². The molecule has 0 amide bonds. The van der Waals surface area contributed by atoms with E-state index in [4.69, 9.17) is 10.5 Å². The van der Waals surface area contributed by atoms with E-state index in [9.17, 15) is 10.1 Å². The first-order chi connectivity index (χ1) is 8.15. The van der Waals surface area contributed by atoms with Gasteiger partial charge in [0, 0.05) is 30.9 Å². The second kappa shape index (κ2) is 4.98. The van der Waals surface area contributed by atoms with Gasteiger partial charge in [-0.3, -0.25) is 10.1 Å². The highest BCUT2D eigenvalue weighted by Crippen LogP contribution is 2.22. The van der Waals surface area contributed by atoms with Crippen LogP contribution >= 0.6 is 0 Å². The highest BCUT2D eigenvalue weighted by Gasteiger charge is 2.13. The number of nitro benzene ring substituents is 1. The molecular formula is C10H14N4O3. The third-order valence-electron chi connectivity index (χ3n) is 2.45. The number of benzene rings is 1. The zero-order valence-electron chi connectivity index (χ0n) is 9.26. The van der Waals surface area contributed by atoms with E-state index in [-0.39, 0.29) is 5.69 Å². The van der Waals surface area contributed by atoms with Crippen molar-refractivity contribution in [1.82, 2.24) is 5.01 Å². The number of hydrogen-bond donors (Lipinski definition) is 2. The van der Waals surface area contributed by atoms with Crippen molar-refractivity contribution >= 4 is 17.1 Å². The zero-order valence-corrected chi connectivity index (χ0v) is 9.26. The number of nitrogens with two attached hydrogens (primary N) is 1. The van der Waals surface area contributed by atoms with Crippen molar-refractivity contribution in [1.29, 1.82) is 0 Å². The summed E-state index contributed by atoms with van der Waals surface area (Å²) in [4.78, 5) is 10.2. The quantitative estimate of drug-likeness (QED) is 0.460. The first-order valence-electron chi connectivity index (χ1n) is 5.29. The molecule has 3 N–H and O–H groups in total. The summed E-state index contributed by atoms with van der Waals surface area (Å²) in [6, 6.07) is 4.47. The van der Waals surface area contributed by atoms with Gasteiger partial charge >= 0.3 is 0 Å². The van der Waals surface area contributed by atoms with Crippen LogP contribution in [0.5, 0.6) is 0 Å². The number of anilines is 2. The Hall–Kier alpha value is -1.86. The minimum absolute atomic E-state index is 0.0132. The highest BCUT2D eigenvalue weighted by atomic mass is 16.6. The smallest absolute Gasteiger partial charge is 0.273 e. The predicted molar refractivity (Wildman–Crippen MR) is 63.5 cm³/mol. The molecule has 0 saturated carbocycles. The number of nitrogens with one attached hydrogen (secondary N) is 1. The van der Waals surface area contributed by atoms with Gasteiger partial charge < -0.3 is 15.9 Å². The summed E-state index contributed by atoms with van der Waals surface area (Å²) < 4.78 is 5.21. The van der Waals surface area contributed by atoms with Crippen molar-refractivity contribution in [3.05, 3.63) is 28.3 Å². The van der Waals surface area contributed by atoms with Gasteiger partial charge in [-0.15, -0.1) is 0 Å². The number of nitrogens with zero attached hydrogens (tertiary/aromatic N) is 2. The normalized spacial score (nSPS) is 16.7. The summed E-state index contributed by atoms with van der Waals surface area (Å²) in [5.74, 6) is 0. The Labute approximate surface area is 98.3 Å². The van der Waals surface area contributed by atoms with Crippen LogP contribution in [0.4, 0.5) is 17.1 Å². The van der Waals surface area contributed by atoms with E-state index in [0.29, 0.717) is 24.6 Å². The summed E-state index contributed by atoms with van der Waals surface area (Å²) in [5, 5.41) is 12.6. The molecule has 17 heavy (non-hydrogen) atoms. The standard InChI is InChI=1S/C10H14N4O3/c11-8-5-9(7-10(6-8)14(15)16)12-13-1-3-17-4-2-13/h5-7,12H,1-4,11H2. The molecule has 7 heteroatoms. The largest absolute Gasteiger partial charge is 0.398 e. The molecule has 1 aromatic carbocycles. The molecule has 7 nitrogen and oxygen atoms in total. The van der Waals surface area contributed by atoms with Gasteiger partial charge in [0.1, 0.15) is 0 Å². The molecule has 1 saturated heterocycles. The number of non-ortho nitro benzene ring substituents is 1. The topological polar surface area (TPSA) is 93.7 Å². The van der Waals surface area contributed by atoms with E-state index in [1.54, 1.807) is 6.07 Å². The Bertz CT molecular complexity index is 418. The number of morpholine rings is 1. The van der Waals surface area contributed by atoms with E-state index in [0.717, 1.165) is 13.1 Å². The minimum atomic E-state index is -0.457. The van der Waals surface area contributed by atoms with Crippen LogP contribution in [-0.2, 0) is 4.74 Å². The van der Waals surface area contributed by atoms with E-state index in [2.05, 4.69) is 5.43 Å². The molecule has 0 spiro atoms. The maximum Gasteiger partial charge on any atom is 0.273 e. The summed E-state index contributed by atoms with van der Waals surface area (Å²) in [6.07, 6.45) is 0. The number of nitro groups is 1. The molecule has 0 radical (unpaired) electrons. The van der Waals surface area contributed by atoms with Crippen LogP contribution in [-0.4, -0.2) is 36.2 Å². The summed E-state index contributed by atoms with van der Waals surface area (Å²) in [6.45, 7) is 2.78. The number of hydrogen-bond acceptors (Lipinski definition) is 6. The van der Waals surface area contributed by atoms with Gasteiger partial charge in [-0.05, 0) is 6.07 Å². The van der Waals surface area contributed by atoms with Gasteiger partial charge in [0.2, 0.25) is 0 Å². The van der Waals surface area contributed by atoms with Crippen LogP contribution in [0, 0.1) is 10.1 Å². The fourth-order valence-corrected chi connectivity index (χ4v) is 1.66. The van der Waals surface area contributed by atoms with Crippen molar-refractivity contribution in [3.63, 3.8) is 0 Å². The number of rotatable bonds is 3. The molecule has 1 aromatic rings. The first-order valence-corrected chi connectivity index (χ1v) is 5.29. The maximum atomic E-state index is 10.7. The molecule has 1 aliphatic rings. The number of hydrazine groups is 1. The molecule has 0 atom stereocenters. The molecule has 0 unspecified atom stereocenters. The van der Waals surface area contributed by atoms with Crippen LogP contribution in [0.15, 0.2) is 18.2 Å². The molecule has 1 fully saturated rings. The monoisotopic (exact) mass is 238 g/mol. The van der Waals surface area contributed by atoms with Gasteiger partial charge in [-0.25, -0.2) is 5.01 Å². The minimum Gasteiger partial charge on any atom is -0.398 e. The Morgan fingerprint density at radius 1 is 1.35 bits per heavy atom. The highest BCUT2D eigenvalue weighted by molar-refractivity contribution is 5.61. The molecule has 0 aromatic heterocycles. The van der Waals surface area contributed by atoms with Crippen LogP contribution in [0.3, 0.4) is 0 Å². The number of nitrogen functional groups attached to an aromatic ring is 1. The van der Waals surface area contributed by atoms with Gasteiger partial charge in [0.05, 0.1) is 23.8 Å². The summed E-state index contributed by atoms with van der Waals surface area (Å²) >= 11 is 0. The first kappa shape index (κ1) is 11.6. The van der Waals surface area contributed by atoms with Crippen LogP contribution in [0.1, 0.15) is 0 Å². The van der Waals surface area contributed by atoms with Crippen LogP contribution < -0.4 is 11.2 Å². The zero-order chi connectivity index (χ0) is 12.3. The van der Waals surface area contributed by atoms with Gasteiger partial charge in [-0.2, -0.15) is 0 Å². The fraction of sp³-hybridized carbons (Fsp3) is 0.400. The Morgan fingerprint density at radius 2 is 2.06 bits per heavy atom. The van der Waals surface area contributed by atoms with Gasteiger partial charge in [0.25, 0.3) is 5.69 Å². The Morgan fingerprint density at radius 3 is 2.71 bits per heavy atom. The molecule has 0 aliphatic carbocycles. The lowest BCUT2D eigenvalue weighted by Gasteiger charge is -2.27. The average molecular weight is 238 g/mol. The van der Waals surface area contributed by atoms with Gasteiger partial charge in [0.15, 0.2) is 0 Å². The van der Waals surface area contributed by atoms with Crippen molar-refractivity contribution < 1.29 is 9.66 Å². The van der Waals surface area contributed by atoms with Crippen LogP contribution in [0.2, 0.25) is 0 Å². The Balaban J connectivity index is 2.11. The molecule has 0 bridgehead atoms. The van der Waals surface area contributed by atoms with Crippen molar-refractivity contribution in [2.75, 3.05) is 37.5 Å². The SMILES string of the molecule is Nc1cc(NN2CCOCC2)cc([N+](=O)[O-])c1. The maximum absolute atomic E-state index is 10.7. The lowest BCUT2D eigenvalue weighted by atomic mass is 10.2. The molecule has 92 valence electrons. The third-order valence-corrected chi connectivity index (χ3v) is 2.45. The van der Waals surface area contributed by atoms with E-state index < -0.39 is 4.92 Å². The summed E-state index contributed by atoms with van der Waals surface area (Å²) in [5.41, 5.74) is 9.68. The second-order valence-electron chi connectivity index (χ2n) is 3.78. The fourth-order valence-electron chi connectivity index (χ4n) is 1.66. The summed E-state index contributed by atoms with van der Waals surface area (Å²) in [7, 11) is 0. The molecule has 1 heterocycles. The lowest BCUT2D eigenvalue weighted by molar-refractivity contribution is -0.384. The molecule has 1 aliphatic heterocycles. The van der Waals surface area contributed by atoms with E-state index >= 15 is 0 Å². The molecule has 2 rings (SSSR count). The van der Waals surface area contributed by atoms with Crippen molar-refractivity contribution in [2.24, 2.45) is 0 Å². The van der Waals surface area contributed by atoms with Crippen molar-refractivity contribution in [2.45, 2.75) is 0 Å². The van der Waals surface area contributed by atoms with E-state index in [1.165, 1.54) is 12.1 Å². The second-order valence-corrected chi connectivity index (χ2v) is 3.78. The average Bonchev–Trinajstić information content (AvgIpc) is 2.29. The predicted octanol–water partition coefficient (Wildman–Crippen LogP) is 0.836. The van der Waals surface area contributed by atoms with Gasteiger partial charge in [-0.1, -0.05) is 0 Å². The lowest BCUT2D eigenvalue weighted by Crippen LogP contribution is -2.40.